The second-order valence-electron chi connectivity index (χ2n) is 3.92. The maximum absolute atomic E-state index is 11.8. The maximum atomic E-state index is 11.8. The molecule has 0 saturated carbocycles. The van der Waals surface area contributed by atoms with Crippen molar-refractivity contribution in [3.63, 3.8) is 0 Å². The van der Waals surface area contributed by atoms with Crippen molar-refractivity contribution in [1.29, 1.82) is 0 Å². The number of aromatic nitrogens is 1. The molecule has 2 rings (SSSR count). The smallest absolute Gasteiger partial charge is 0.306 e. The fraction of sp³-hybridized carbons (Fsp3) is 0.0769. The van der Waals surface area contributed by atoms with Crippen molar-refractivity contribution in [1.82, 2.24) is 4.98 Å². The molecule has 4 nitrogen and oxygen atoms in total. The van der Waals surface area contributed by atoms with E-state index in [1.54, 1.807) is 30.5 Å². The lowest BCUT2D eigenvalue weighted by Crippen LogP contribution is -2.20. The van der Waals surface area contributed by atoms with Gasteiger partial charge in [-0.25, -0.2) is 9.78 Å². The van der Waals surface area contributed by atoms with Crippen LogP contribution in [-0.4, -0.2) is 11.0 Å². The Balaban J connectivity index is 2.05. The van der Waals surface area contributed by atoms with E-state index in [9.17, 15) is 4.79 Å². The number of halogens is 2. The lowest BCUT2D eigenvalue weighted by Gasteiger charge is -2.09. The molecule has 1 aromatic carbocycles. The number of amides is 2. The standard InChI is InChI=1S/C13H11BrClN3O/c1-8-4-5-16-12(6-8)18-13(19)17-11-3-2-9(14)7-10(11)15/h2-7H,1H3,(H2,16,17,18,19). The summed E-state index contributed by atoms with van der Waals surface area (Å²) >= 11 is 9.32. The Morgan fingerprint density at radius 1 is 1.26 bits per heavy atom. The number of hydrogen-bond donors (Lipinski definition) is 2. The van der Waals surface area contributed by atoms with Crippen LogP contribution in [0.2, 0.25) is 5.02 Å². The van der Waals surface area contributed by atoms with Gasteiger partial charge in [0.2, 0.25) is 0 Å². The number of nitrogens with one attached hydrogen (secondary N) is 2. The average Bonchev–Trinajstić information content (AvgIpc) is 2.33. The lowest BCUT2D eigenvalue weighted by molar-refractivity contribution is 0.262. The van der Waals surface area contributed by atoms with Crippen LogP contribution in [0.5, 0.6) is 0 Å². The summed E-state index contributed by atoms with van der Waals surface area (Å²) in [5.74, 6) is 0.491. The first-order valence-corrected chi connectivity index (χ1v) is 6.67. The minimum Gasteiger partial charge on any atom is -0.306 e. The van der Waals surface area contributed by atoms with Crippen molar-refractivity contribution in [2.75, 3.05) is 10.6 Å². The fourth-order valence-electron chi connectivity index (χ4n) is 1.47. The zero-order chi connectivity index (χ0) is 13.8. The first kappa shape index (κ1) is 13.8. The molecule has 2 aromatic rings. The van der Waals surface area contributed by atoms with E-state index < -0.39 is 0 Å². The third kappa shape index (κ3) is 3.94. The van der Waals surface area contributed by atoms with Crippen LogP contribution in [0.25, 0.3) is 0 Å². The molecule has 19 heavy (non-hydrogen) atoms. The van der Waals surface area contributed by atoms with Crippen molar-refractivity contribution < 1.29 is 4.79 Å². The number of urea groups is 1. The predicted molar refractivity (Wildman–Crippen MR) is 80.8 cm³/mol. The van der Waals surface area contributed by atoms with Crippen molar-refractivity contribution in [3.05, 3.63) is 51.6 Å². The van der Waals surface area contributed by atoms with Gasteiger partial charge in [-0.1, -0.05) is 27.5 Å². The van der Waals surface area contributed by atoms with Gasteiger partial charge >= 0.3 is 6.03 Å². The molecule has 2 N–H and O–H groups in total. The van der Waals surface area contributed by atoms with Crippen molar-refractivity contribution in [2.24, 2.45) is 0 Å². The van der Waals surface area contributed by atoms with E-state index in [-0.39, 0.29) is 6.03 Å². The number of pyridine rings is 1. The molecule has 0 bridgehead atoms. The summed E-state index contributed by atoms with van der Waals surface area (Å²) in [6.07, 6.45) is 1.64. The number of anilines is 2. The molecule has 0 aliphatic carbocycles. The van der Waals surface area contributed by atoms with Gasteiger partial charge in [-0.15, -0.1) is 0 Å². The van der Waals surface area contributed by atoms with Gasteiger partial charge in [-0.05, 0) is 42.8 Å². The Hall–Kier alpha value is -1.59. The highest BCUT2D eigenvalue weighted by atomic mass is 79.9. The van der Waals surface area contributed by atoms with Crippen molar-refractivity contribution in [2.45, 2.75) is 6.92 Å². The fourth-order valence-corrected chi connectivity index (χ4v) is 2.19. The van der Waals surface area contributed by atoms with Crippen LogP contribution in [-0.2, 0) is 0 Å². The van der Waals surface area contributed by atoms with Gasteiger partial charge in [-0.2, -0.15) is 0 Å². The molecule has 0 saturated heterocycles. The van der Waals surface area contributed by atoms with E-state index in [1.165, 1.54) is 0 Å². The SMILES string of the molecule is Cc1ccnc(NC(=O)Nc2ccc(Br)cc2Cl)c1. The molecule has 0 aliphatic heterocycles. The van der Waals surface area contributed by atoms with Gasteiger partial charge in [0, 0.05) is 10.7 Å². The average molecular weight is 341 g/mol. The van der Waals surface area contributed by atoms with Crippen LogP contribution >= 0.6 is 27.5 Å². The highest BCUT2D eigenvalue weighted by Gasteiger charge is 2.07. The van der Waals surface area contributed by atoms with Crippen LogP contribution in [0.1, 0.15) is 5.56 Å². The topological polar surface area (TPSA) is 54.0 Å². The largest absolute Gasteiger partial charge is 0.324 e. The number of rotatable bonds is 2. The zero-order valence-corrected chi connectivity index (χ0v) is 12.4. The van der Waals surface area contributed by atoms with E-state index in [4.69, 9.17) is 11.6 Å². The number of carbonyl (C=O) groups is 1. The molecule has 2 amide bonds. The van der Waals surface area contributed by atoms with E-state index in [0.717, 1.165) is 10.0 Å². The number of benzene rings is 1. The van der Waals surface area contributed by atoms with Crippen molar-refractivity contribution in [3.8, 4) is 0 Å². The first-order chi connectivity index (χ1) is 9.04. The summed E-state index contributed by atoms with van der Waals surface area (Å²) in [6, 6.07) is 8.48. The van der Waals surface area contributed by atoms with Crippen LogP contribution in [0, 0.1) is 6.92 Å². The number of nitrogens with zero attached hydrogens (tertiary/aromatic N) is 1. The Bertz CT molecular complexity index is 619. The van der Waals surface area contributed by atoms with Gasteiger partial charge in [0.1, 0.15) is 5.82 Å². The van der Waals surface area contributed by atoms with Crippen LogP contribution in [0.15, 0.2) is 41.0 Å². The zero-order valence-electron chi connectivity index (χ0n) is 10.1. The van der Waals surface area contributed by atoms with Crippen LogP contribution in [0.4, 0.5) is 16.3 Å². The summed E-state index contributed by atoms with van der Waals surface area (Å²) in [6.45, 7) is 1.93. The van der Waals surface area contributed by atoms with E-state index in [0.29, 0.717) is 16.5 Å². The summed E-state index contributed by atoms with van der Waals surface area (Å²) in [5.41, 5.74) is 1.56. The van der Waals surface area contributed by atoms with Gasteiger partial charge < -0.3 is 5.32 Å². The molecule has 6 heteroatoms. The van der Waals surface area contributed by atoms with E-state index >= 15 is 0 Å². The molecule has 98 valence electrons. The molecule has 1 heterocycles. The maximum Gasteiger partial charge on any atom is 0.324 e. The molecule has 0 spiro atoms. The van der Waals surface area contributed by atoms with Crippen molar-refractivity contribution >= 4 is 45.1 Å². The van der Waals surface area contributed by atoms with Gasteiger partial charge in [0.05, 0.1) is 10.7 Å². The Morgan fingerprint density at radius 2 is 2.05 bits per heavy atom. The Morgan fingerprint density at radius 3 is 2.74 bits per heavy atom. The summed E-state index contributed by atoms with van der Waals surface area (Å²) in [5, 5.41) is 5.76. The quantitative estimate of drug-likeness (QED) is 0.848. The molecule has 0 fully saturated rings. The second kappa shape index (κ2) is 6.04. The Kier molecular flexibility index (Phi) is 4.39. The first-order valence-electron chi connectivity index (χ1n) is 5.50. The number of carbonyl (C=O) groups excluding carboxylic acids is 1. The van der Waals surface area contributed by atoms with Crippen LogP contribution in [0.3, 0.4) is 0 Å². The summed E-state index contributed by atoms with van der Waals surface area (Å²) in [7, 11) is 0. The number of hydrogen-bond acceptors (Lipinski definition) is 2. The minimum atomic E-state index is -0.387. The highest BCUT2D eigenvalue weighted by Crippen LogP contribution is 2.25. The third-order valence-corrected chi connectivity index (χ3v) is 3.14. The molecular formula is C13H11BrClN3O. The van der Waals surface area contributed by atoms with Gasteiger partial charge in [0.25, 0.3) is 0 Å². The summed E-state index contributed by atoms with van der Waals surface area (Å²) < 4.78 is 0.851. The molecule has 0 radical (unpaired) electrons. The monoisotopic (exact) mass is 339 g/mol. The predicted octanol–water partition coefficient (Wildman–Crippen LogP) is 4.45. The molecular weight excluding hydrogens is 330 g/mol. The van der Waals surface area contributed by atoms with Gasteiger partial charge in [-0.3, -0.25) is 5.32 Å². The second-order valence-corrected chi connectivity index (χ2v) is 5.24. The minimum absolute atomic E-state index is 0.387. The van der Waals surface area contributed by atoms with E-state index in [2.05, 4.69) is 31.5 Å². The normalized spacial score (nSPS) is 10.1. The van der Waals surface area contributed by atoms with E-state index in [1.807, 2.05) is 13.0 Å². The number of aryl methyl sites for hydroxylation is 1. The molecule has 0 unspecified atom stereocenters. The Labute approximate surface area is 124 Å². The van der Waals surface area contributed by atoms with Gasteiger partial charge in [0.15, 0.2) is 0 Å². The highest BCUT2D eigenvalue weighted by molar-refractivity contribution is 9.10. The lowest BCUT2D eigenvalue weighted by atomic mass is 10.3. The molecule has 0 atom stereocenters. The summed E-state index contributed by atoms with van der Waals surface area (Å²) in [4.78, 5) is 15.8. The molecule has 1 aromatic heterocycles. The third-order valence-electron chi connectivity index (χ3n) is 2.34. The van der Waals surface area contributed by atoms with Crippen LogP contribution < -0.4 is 10.6 Å². The molecule has 0 aliphatic rings.